The molecule has 3 nitrogen and oxygen atoms in total. The first-order chi connectivity index (χ1) is 8.18. The van der Waals surface area contributed by atoms with Crippen molar-refractivity contribution in [2.24, 2.45) is 0 Å². The van der Waals surface area contributed by atoms with Gasteiger partial charge in [0.1, 0.15) is 5.82 Å². The molecule has 0 radical (unpaired) electrons. The summed E-state index contributed by atoms with van der Waals surface area (Å²) >= 11 is 0. The number of nitrogens with one attached hydrogen (secondary N) is 1. The number of rotatable bonds is 2. The average Bonchev–Trinajstić information content (AvgIpc) is 2.32. The molecule has 0 unspecified atom stereocenters. The molecule has 2 rings (SSSR count). The SMILES string of the molecule is O=C(N[C@H]1CCCC[C@@H]1O)c1ccccc1F. The predicted octanol–water partition coefficient (Wildman–Crippen LogP) is 1.86. The van der Waals surface area contributed by atoms with E-state index in [0.717, 1.165) is 19.3 Å². The first-order valence-corrected chi connectivity index (χ1v) is 5.92. The molecule has 0 bridgehead atoms. The minimum atomic E-state index is -0.532. The first-order valence-electron chi connectivity index (χ1n) is 5.92. The van der Waals surface area contributed by atoms with Gasteiger partial charge in [-0.25, -0.2) is 4.39 Å². The molecule has 1 aliphatic rings. The molecule has 1 aliphatic carbocycles. The Morgan fingerprint density at radius 2 is 2.00 bits per heavy atom. The van der Waals surface area contributed by atoms with Crippen LogP contribution in [0.4, 0.5) is 4.39 Å². The lowest BCUT2D eigenvalue weighted by atomic mass is 9.92. The summed E-state index contributed by atoms with van der Waals surface area (Å²) in [6, 6.07) is 5.61. The zero-order valence-corrected chi connectivity index (χ0v) is 9.53. The Morgan fingerprint density at radius 1 is 1.29 bits per heavy atom. The molecular formula is C13H16FNO2. The van der Waals surface area contributed by atoms with Crippen molar-refractivity contribution in [1.29, 1.82) is 0 Å². The molecule has 1 saturated carbocycles. The molecular weight excluding hydrogens is 221 g/mol. The van der Waals surface area contributed by atoms with Crippen LogP contribution in [0.3, 0.4) is 0 Å². The predicted molar refractivity (Wildman–Crippen MR) is 62.1 cm³/mol. The van der Waals surface area contributed by atoms with Crippen molar-refractivity contribution in [2.75, 3.05) is 0 Å². The number of carbonyl (C=O) groups is 1. The molecule has 17 heavy (non-hydrogen) atoms. The highest BCUT2D eigenvalue weighted by atomic mass is 19.1. The molecule has 1 amide bonds. The second kappa shape index (κ2) is 5.27. The van der Waals surface area contributed by atoms with Crippen LogP contribution in [0.15, 0.2) is 24.3 Å². The summed E-state index contributed by atoms with van der Waals surface area (Å²) in [5.74, 6) is -0.982. The van der Waals surface area contributed by atoms with Crippen LogP contribution in [0.25, 0.3) is 0 Å². The molecule has 0 heterocycles. The molecule has 0 saturated heterocycles. The summed E-state index contributed by atoms with van der Waals surface area (Å²) in [7, 11) is 0. The van der Waals surface area contributed by atoms with Gasteiger partial charge in [-0.3, -0.25) is 4.79 Å². The summed E-state index contributed by atoms with van der Waals surface area (Å²) in [5, 5.41) is 12.4. The van der Waals surface area contributed by atoms with Gasteiger partial charge in [0.2, 0.25) is 0 Å². The lowest BCUT2D eigenvalue weighted by Gasteiger charge is -2.28. The zero-order valence-electron chi connectivity index (χ0n) is 9.53. The number of hydrogen-bond acceptors (Lipinski definition) is 2. The van der Waals surface area contributed by atoms with Crippen LogP contribution in [-0.2, 0) is 0 Å². The number of hydrogen-bond donors (Lipinski definition) is 2. The molecule has 2 atom stereocenters. The van der Waals surface area contributed by atoms with Crippen molar-refractivity contribution in [2.45, 2.75) is 37.8 Å². The van der Waals surface area contributed by atoms with E-state index >= 15 is 0 Å². The van der Waals surface area contributed by atoms with E-state index in [9.17, 15) is 14.3 Å². The molecule has 1 fully saturated rings. The average molecular weight is 237 g/mol. The van der Waals surface area contributed by atoms with Crippen LogP contribution in [0.5, 0.6) is 0 Å². The fourth-order valence-electron chi connectivity index (χ4n) is 2.17. The third-order valence-electron chi connectivity index (χ3n) is 3.16. The van der Waals surface area contributed by atoms with Gasteiger partial charge in [0, 0.05) is 0 Å². The van der Waals surface area contributed by atoms with Crippen LogP contribution < -0.4 is 5.32 Å². The van der Waals surface area contributed by atoms with Crippen LogP contribution in [-0.4, -0.2) is 23.2 Å². The van der Waals surface area contributed by atoms with Crippen molar-refractivity contribution < 1.29 is 14.3 Å². The summed E-state index contributed by atoms with van der Waals surface area (Å²) in [6.45, 7) is 0. The number of benzene rings is 1. The van der Waals surface area contributed by atoms with E-state index in [1.54, 1.807) is 12.1 Å². The maximum absolute atomic E-state index is 13.4. The maximum atomic E-state index is 13.4. The van der Waals surface area contributed by atoms with Gasteiger partial charge in [-0.15, -0.1) is 0 Å². The lowest BCUT2D eigenvalue weighted by Crippen LogP contribution is -2.45. The fourth-order valence-corrected chi connectivity index (χ4v) is 2.17. The number of aliphatic hydroxyl groups is 1. The van der Waals surface area contributed by atoms with Gasteiger partial charge in [0.25, 0.3) is 5.91 Å². The van der Waals surface area contributed by atoms with E-state index in [1.165, 1.54) is 12.1 Å². The summed E-state index contributed by atoms with van der Waals surface area (Å²) in [5.41, 5.74) is 0.0327. The standard InChI is InChI=1S/C13H16FNO2/c14-10-6-2-1-5-9(10)13(17)15-11-7-3-4-8-12(11)16/h1-2,5-6,11-12,16H,3-4,7-8H2,(H,15,17)/t11-,12-/m0/s1. The molecule has 0 aromatic heterocycles. The third-order valence-corrected chi connectivity index (χ3v) is 3.16. The first kappa shape index (κ1) is 12.0. The van der Waals surface area contributed by atoms with E-state index in [2.05, 4.69) is 5.32 Å². The largest absolute Gasteiger partial charge is 0.391 e. The van der Waals surface area contributed by atoms with Crippen molar-refractivity contribution in [3.8, 4) is 0 Å². The Balaban J connectivity index is 2.04. The van der Waals surface area contributed by atoms with Crippen LogP contribution >= 0.6 is 0 Å². The number of aliphatic hydroxyl groups excluding tert-OH is 1. The Morgan fingerprint density at radius 3 is 2.71 bits per heavy atom. The molecule has 0 spiro atoms. The monoisotopic (exact) mass is 237 g/mol. The zero-order chi connectivity index (χ0) is 12.3. The molecule has 1 aromatic rings. The topological polar surface area (TPSA) is 49.3 Å². The molecule has 4 heteroatoms. The van der Waals surface area contributed by atoms with E-state index < -0.39 is 17.8 Å². The van der Waals surface area contributed by atoms with E-state index in [0.29, 0.717) is 6.42 Å². The minimum Gasteiger partial charge on any atom is -0.391 e. The summed E-state index contributed by atoms with van der Waals surface area (Å²) in [4.78, 5) is 11.8. The Kier molecular flexibility index (Phi) is 3.74. The van der Waals surface area contributed by atoms with Crippen LogP contribution in [0.1, 0.15) is 36.0 Å². The van der Waals surface area contributed by atoms with E-state index in [4.69, 9.17) is 0 Å². The second-order valence-electron chi connectivity index (χ2n) is 4.41. The summed E-state index contributed by atoms with van der Waals surface area (Å²) < 4.78 is 13.4. The second-order valence-corrected chi connectivity index (χ2v) is 4.41. The molecule has 1 aromatic carbocycles. The maximum Gasteiger partial charge on any atom is 0.254 e. The van der Waals surface area contributed by atoms with Crippen molar-refractivity contribution in [3.63, 3.8) is 0 Å². The third kappa shape index (κ3) is 2.82. The van der Waals surface area contributed by atoms with E-state index in [1.807, 2.05) is 0 Å². The van der Waals surface area contributed by atoms with Gasteiger partial charge in [-0.2, -0.15) is 0 Å². The van der Waals surface area contributed by atoms with Crippen molar-refractivity contribution in [1.82, 2.24) is 5.32 Å². The van der Waals surface area contributed by atoms with Crippen molar-refractivity contribution >= 4 is 5.91 Å². The lowest BCUT2D eigenvalue weighted by molar-refractivity contribution is 0.0714. The quantitative estimate of drug-likeness (QED) is 0.824. The Bertz CT molecular complexity index is 408. The Labute approximate surface area is 99.7 Å². The normalized spacial score (nSPS) is 24.4. The highest BCUT2D eigenvalue weighted by Gasteiger charge is 2.25. The van der Waals surface area contributed by atoms with Gasteiger partial charge >= 0.3 is 0 Å². The van der Waals surface area contributed by atoms with Gasteiger partial charge in [0.05, 0.1) is 17.7 Å². The highest BCUT2D eigenvalue weighted by Crippen LogP contribution is 2.19. The minimum absolute atomic E-state index is 0.0327. The smallest absolute Gasteiger partial charge is 0.254 e. The number of halogens is 1. The molecule has 0 aliphatic heterocycles. The highest BCUT2D eigenvalue weighted by molar-refractivity contribution is 5.94. The molecule has 92 valence electrons. The van der Waals surface area contributed by atoms with Crippen LogP contribution in [0, 0.1) is 5.82 Å². The van der Waals surface area contributed by atoms with E-state index in [-0.39, 0.29) is 11.6 Å². The summed E-state index contributed by atoms with van der Waals surface area (Å²) in [6.07, 6.45) is 2.90. The fraction of sp³-hybridized carbons (Fsp3) is 0.462. The van der Waals surface area contributed by atoms with Gasteiger partial charge in [-0.05, 0) is 25.0 Å². The molecule has 2 N–H and O–H groups in total. The number of amides is 1. The van der Waals surface area contributed by atoms with Crippen LogP contribution in [0.2, 0.25) is 0 Å². The van der Waals surface area contributed by atoms with Gasteiger partial charge < -0.3 is 10.4 Å². The van der Waals surface area contributed by atoms with Gasteiger partial charge in [-0.1, -0.05) is 25.0 Å². The number of carbonyl (C=O) groups excluding carboxylic acids is 1. The van der Waals surface area contributed by atoms with Gasteiger partial charge in [0.15, 0.2) is 0 Å². The Hall–Kier alpha value is -1.42. The van der Waals surface area contributed by atoms with Crippen molar-refractivity contribution in [3.05, 3.63) is 35.6 Å².